The van der Waals surface area contributed by atoms with Crippen molar-refractivity contribution in [1.82, 2.24) is 4.90 Å². The Labute approximate surface area is 104 Å². The van der Waals surface area contributed by atoms with E-state index in [-0.39, 0.29) is 0 Å². The first-order valence-corrected chi connectivity index (χ1v) is 6.35. The van der Waals surface area contributed by atoms with Crippen molar-refractivity contribution in [1.29, 1.82) is 0 Å². The number of ether oxygens (including phenoxy) is 1. The van der Waals surface area contributed by atoms with Crippen LogP contribution in [-0.4, -0.2) is 31.7 Å². The molecule has 0 bridgehead atoms. The van der Waals surface area contributed by atoms with Gasteiger partial charge in [0.15, 0.2) is 0 Å². The Bertz CT molecular complexity index is 350. The third kappa shape index (κ3) is 3.99. The van der Waals surface area contributed by atoms with Crippen molar-refractivity contribution < 1.29 is 4.74 Å². The largest absolute Gasteiger partial charge is 0.381 e. The molecule has 2 rings (SSSR count). The Morgan fingerprint density at radius 1 is 1.18 bits per heavy atom. The summed E-state index contributed by atoms with van der Waals surface area (Å²) in [6.45, 7) is 4.29. The van der Waals surface area contributed by atoms with Crippen LogP contribution in [0.4, 0.5) is 0 Å². The molecule has 92 valence electrons. The van der Waals surface area contributed by atoms with Crippen molar-refractivity contribution in [2.24, 2.45) is 0 Å². The van der Waals surface area contributed by atoms with Gasteiger partial charge in [-0.15, -0.1) is 0 Å². The van der Waals surface area contributed by atoms with Crippen LogP contribution < -0.4 is 0 Å². The molecule has 1 saturated heterocycles. The molecule has 1 aliphatic heterocycles. The molecule has 0 amide bonds. The highest BCUT2D eigenvalue weighted by Gasteiger charge is 2.11. The molecule has 0 saturated carbocycles. The number of likely N-dealkylation sites (tertiary alicyclic amines) is 1. The zero-order valence-electron chi connectivity index (χ0n) is 10.6. The first-order valence-electron chi connectivity index (χ1n) is 6.35. The van der Waals surface area contributed by atoms with Crippen LogP contribution in [0.3, 0.4) is 0 Å². The van der Waals surface area contributed by atoms with E-state index in [9.17, 15) is 0 Å². The van der Waals surface area contributed by atoms with E-state index >= 15 is 0 Å². The molecule has 1 aliphatic rings. The molecule has 0 aromatic heterocycles. The molecule has 0 unspecified atom stereocenters. The Kier molecular flexibility index (Phi) is 4.77. The van der Waals surface area contributed by atoms with Crippen molar-refractivity contribution in [2.75, 3.05) is 26.8 Å². The van der Waals surface area contributed by atoms with Crippen LogP contribution in [0.5, 0.6) is 0 Å². The average Bonchev–Trinajstić information content (AvgIpc) is 2.85. The number of methoxy groups -OCH3 is 1. The van der Waals surface area contributed by atoms with Crippen LogP contribution in [-0.2, 0) is 11.3 Å². The monoisotopic (exact) mass is 231 g/mol. The Morgan fingerprint density at radius 2 is 1.88 bits per heavy atom. The van der Waals surface area contributed by atoms with E-state index in [4.69, 9.17) is 4.74 Å². The number of benzene rings is 1. The molecule has 2 nitrogen and oxygen atoms in total. The lowest BCUT2D eigenvalue weighted by molar-refractivity contribution is 0.234. The standard InChI is InChI=1S/C15H21NO/c1-17-12-4-5-14-6-8-15(9-7-14)13-16-10-2-3-11-16/h4-9H,2-3,10-13H2,1H3/b5-4+. The highest BCUT2D eigenvalue weighted by Crippen LogP contribution is 2.13. The second kappa shape index (κ2) is 6.58. The molecular weight excluding hydrogens is 210 g/mol. The van der Waals surface area contributed by atoms with Crippen LogP contribution in [0, 0.1) is 0 Å². The molecule has 0 N–H and O–H groups in total. The Morgan fingerprint density at radius 3 is 2.53 bits per heavy atom. The fourth-order valence-corrected chi connectivity index (χ4v) is 2.21. The van der Waals surface area contributed by atoms with Crippen LogP contribution in [0.15, 0.2) is 30.3 Å². The average molecular weight is 231 g/mol. The van der Waals surface area contributed by atoms with Crippen molar-refractivity contribution >= 4 is 6.08 Å². The number of hydrogen-bond donors (Lipinski definition) is 0. The van der Waals surface area contributed by atoms with Crippen molar-refractivity contribution in [2.45, 2.75) is 19.4 Å². The summed E-state index contributed by atoms with van der Waals surface area (Å²) < 4.78 is 4.98. The van der Waals surface area contributed by atoms with E-state index in [0.29, 0.717) is 6.61 Å². The maximum atomic E-state index is 4.98. The zero-order chi connectivity index (χ0) is 11.9. The maximum Gasteiger partial charge on any atom is 0.0646 e. The number of nitrogens with zero attached hydrogens (tertiary/aromatic N) is 1. The van der Waals surface area contributed by atoms with E-state index in [2.05, 4.69) is 35.2 Å². The summed E-state index contributed by atoms with van der Waals surface area (Å²) in [4.78, 5) is 2.52. The molecule has 0 aliphatic carbocycles. The Balaban J connectivity index is 1.88. The first kappa shape index (κ1) is 12.3. The summed E-state index contributed by atoms with van der Waals surface area (Å²) in [5, 5.41) is 0. The van der Waals surface area contributed by atoms with Gasteiger partial charge in [0.05, 0.1) is 6.61 Å². The first-order chi connectivity index (χ1) is 8.38. The van der Waals surface area contributed by atoms with Crippen molar-refractivity contribution in [3.63, 3.8) is 0 Å². The minimum atomic E-state index is 0.676. The van der Waals surface area contributed by atoms with Crippen LogP contribution >= 0.6 is 0 Å². The van der Waals surface area contributed by atoms with E-state index in [1.54, 1.807) is 7.11 Å². The van der Waals surface area contributed by atoms with E-state index in [1.165, 1.54) is 37.1 Å². The third-order valence-electron chi connectivity index (χ3n) is 3.16. The molecule has 0 spiro atoms. The minimum absolute atomic E-state index is 0.676. The summed E-state index contributed by atoms with van der Waals surface area (Å²) >= 11 is 0. The molecule has 0 radical (unpaired) electrons. The number of rotatable bonds is 5. The van der Waals surface area contributed by atoms with Crippen LogP contribution in [0.25, 0.3) is 6.08 Å². The van der Waals surface area contributed by atoms with E-state index < -0.39 is 0 Å². The summed E-state index contributed by atoms with van der Waals surface area (Å²) in [5.74, 6) is 0. The predicted molar refractivity (Wildman–Crippen MR) is 71.9 cm³/mol. The second-order valence-electron chi connectivity index (χ2n) is 4.58. The fraction of sp³-hybridized carbons (Fsp3) is 0.467. The fourth-order valence-electron chi connectivity index (χ4n) is 2.21. The molecule has 1 heterocycles. The zero-order valence-corrected chi connectivity index (χ0v) is 10.6. The minimum Gasteiger partial charge on any atom is -0.381 e. The lowest BCUT2D eigenvalue weighted by atomic mass is 10.1. The Hall–Kier alpha value is -1.12. The summed E-state index contributed by atoms with van der Waals surface area (Å²) in [5.41, 5.74) is 2.66. The lowest BCUT2D eigenvalue weighted by Gasteiger charge is -2.14. The maximum absolute atomic E-state index is 4.98. The molecular formula is C15H21NO. The molecule has 0 atom stereocenters. The van der Waals surface area contributed by atoms with E-state index in [0.717, 1.165) is 6.54 Å². The van der Waals surface area contributed by atoms with Gasteiger partial charge in [0.2, 0.25) is 0 Å². The van der Waals surface area contributed by atoms with Crippen LogP contribution in [0.1, 0.15) is 24.0 Å². The van der Waals surface area contributed by atoms with Gasteiger partial charge in [-0.3, -0.25) is 4.90 Å². The topological polar surface area (TPSA) is 12.5 Å². The molecule has 17 heavy (non-hydrogen) atoms. The van der Waals surface area contributed by atoms with Gasteiger partial charge >= 0.3 is 0 Å². The molecule has 2 heteroatoms. The van der Waals surface area contributed by atoms with Gasteiger partial charge in [0.25, 0.3) is 0 Å². The third-order valence-corrected chi connectivity index (χ3v) is 3.16. The van der Waals surface area contributed by atoms with Gasteiger partial charge in [0.1, 0.15) is 0 Å². The SMILES string of the molecule is COC/C=C/c1ccc(CN2CCCC2)cc1. The lowest BCUT2D eigenvalue weighted by Crippen LogP contribution is -2.18. The normalized spacial score (nSPS) is 17.0. The molecule has 1 fully saturated rings. The van der Waals surface area contributed by atoms with Crippen molar-refractivity contribution in [3.8, 4) is 0 Å². The van der Waals surface area contributed by atoms with Crippen LogP contribution in [0.2, 0.25) is 0 Å². The van der Waals surface area contributed by atoms with Gasteiger partial charge < -0.3 is 4.74 Å². The molecule has 1 aromatic rings. The molecule has 1 aromatic carbocycles. The van der Waals surface area contributed by atoms with Gasteiger partial charge in [-0.25, -0.2) is 0 Å². The summed E-state index contributed by atoms with van der Waals surface area (Å²) in [7, 11) is 1.71. The highest BCUT2D eigenvalue weighted by atomic mass is 16.5. The quantitative estimate of drug-likeness (QED) is 0.772. The van der Waals surface area contributed by atoms with Gasteiger partial charge in [0, 0.05) is 13.7 Å². The number of hydrogen-bond acceptors (Lipinski definition) is 2. The summed E-state index contributed by atoms with van der Waals surface area (Å²) in [6, 6.07) is 8.81. The van der Waals surface area contributed by atoms with Gasteiger partial charge in [-0.05, 0) is 37.1 Å². The van der Waals surface area contributed by atoms with Gasteiger partial charge in [-0.2, -0.15) is 0 Å². The smallest absolute Gasteiger partial charge is 0.0646 e. The predicted octanol–water partition coefficient (Wildman–Crippen LogP) is 2.94. The summed E-state index contributed by atoms with van der Waals surface area (Å²) in [6.07, 6.45) is 6.86. The van der Waals surface area contributed by atoms with Gasteiger partial charge in [-0.1, -0.05) is 36.4 Å². The second-order valence-corrected chi connectivity index (χ2v) is 4.58. The van der Waals surface area contributed by atoms with E-state index in [1.807, 2.05) is 6.08 Å². The highest BCUT2D eigenvalue weighted by molar-refractivity contribution is 5.49. The van der Waals surface area contributed by atoms with Crippen molar-refractivity contribution in [3.05, 3.63) is 41.5 Å².